The lowest BCUT2D eigenvalue weighted by Gasteiger charge is -2.08. The summed E-state index contributed by atoms with van der Waals surface area (Å²) in [5.74, 6) is 0.116. The van der Waals surface area contributed by atoms with E-state index in [1.807, 2.05) is 0 Å². The van der Waals surface area contributed by atoms with Gasteiger partial charge in [0.1, 0.15) is 11.5 Å². The van der Waals surface area contributed by atoms with Gasteiger partial charge in [0, 0.05) is 23.4 Å². The fourth-order valence-corrected chi connectivity index (χ4v) is 2.82. The average Bonchev–Trinajstić information content (AvgIpc) is 3.16. The van der Waals surface area contributed by atoms with Gasteiger partial charge in [0.05, 0.1) is 28.8 Å². The minimum atomic E-state index is -0.577. The molecule has 150 valence electrons. The number of rotatable bonds is 7. The molecule has 9 nitrogen and oxygen atoms in total. The van der Waals surface area contributed by atoms with Gasteiger partial charge in [-0.25, -0.2) is 4.68 Å². The van der Waals surface area contributed by atoms with Gasteiger partial charge in [0.15, 0.2) is 12.4 Å². The monoisotopic (exact) mass is 436 g/mol. The lowest BCUT2D eigenvalue weighted by molar-refractivity contribution is -0.384. The lowest BCUT2D eigenvalue weighted by atomic mass is 10.2. The Balaban J connectivity index is 1.68. The molecule has 1 N–H and O–H groups in total. The van der Waals surface area contributed by atoms with Crippen LogP contribution in [0.15, 0.2) is 48.7 Å². The summed E-state index contributed by atoms with van der Waals surface area (Å²) in [4.78, 5) is 22.8. The van der Waals surface area contributed by atoms with Crippen LogP contribution in [-0.4, -0.2) is 27.7 Å². The van der Waals surface area contributed by atoms with Crippen LogP contribution in [0.5, 0.6) is 11.5 Å². The summed E-state index contributed by atoms with van der Waals surface area (Å²) in [7, 11) is 1.37. The maximum absolute atomic E-state index is 12.4. The molecule has 3 aromatic rings. The van der Waals surface area contributed by atoms with E-state index < -0.39 is 10.8 Å². The second-order valence-electron chi connectivity index (χ2n) is 5.72. The molecule has 0 aliphatic rings. The van der Waals surface area contributed by atoms with E-state index in [1.54, 1.807) is 24.4 Å². The summed E-state index contributed by atoms with van der Waals surface area (Å²) in [6.45, 7) is 0.0132. The van der Waals surface area contributed by atoms with Gasteiger partial charge in [0.2, 0.25) is 0 Å². The van der Waals surface area contributed by atoms with E-state index in [-0.39, 0.29) is 29.5 Å². The maximum Gasteiger partial charge on any atom is 0.276 e. The van der Waals surface area contributed by atoms with Crippen LogP contribution >= 0.6 is 23.2 Å². The average molecular weight is 437 g/mol. The maximum atomic E-state index is 12.4. The first-order chi connectivity index (χ1) is 13.9. The molecule has 0 fully saturated rings. The third-order valence-corrected chi connectivity index (χ3v) is 4.25. The lowest BCUT2D eigenvalue weighted by Crippen LogP contribution is -2.14. The number of nitrogens with one attached hydrogen (secondary N) is 1. The third-order valence-electron chi connectivity index (χ3n) is 3.72. The summed E-state index contributed by atoms with van der Waals surface area (Å²) in [5.41, 5.74) is 0.0968. The van der Waals surface area contributed by atoms with Crippen molar-refractivity contribution in [3.63, 3.8) is 0 Å². The largest absolute Gasteiger partial charge is 0.496 e. The number of methoxy groups -OCH3 is 1. The van der Waals surface area contributed by atoms with Crippen molar-refractivity contribution in [3.05, 3.63) is 74.5 Å². The van der Waals surface area contributed by atoms with Crippen LogP contribution in [0.2, 0.25) is 10.0 Å². The highest BCUT2D eigenvalue weighted by Crippen LogP contribution is 2.28. The van der Waals surface area contributed by atoms with Crippen LogP contribution < -0.4 is 14.8 Å². The molecule has 1 aromatic heterocycles. The van der Waals surface area contributed by atoms with Crippen LogP contribution in [0, 0.1) is 10.1 Å². The highest BCUT2D eigenvalue weighted by Gasteiger charge is 2.15. The third kappa shape index (κ3) is 5.15. The molecule has 0 saturated carbocycles. The van der Waals surface area contributed by atoms with Gasteiger partial charge in [-0.15, -0.1) is 0 Å². The predicted molar refractivity (Wildman–Crippen MR) is 107 cm³/mol. The van der Waals surface area contributed by atoms with Crippen molar-refractivity contribution in [1.82, 2.24) is 9.78 Å². The van der Waals surface area contributed by atoms with Crippen molar-refractivity contribution in [3.8, 4) is 11.5 Å². The number of anilines is 1. The van der Waals surface area contributed by atoms with Crippen LogP contribution in [0.25, 0.3) is 0 Å². The first-order valence-electron chi connectivity index (χ1n) is 8.12. The Morgan fingerprint density at radius 2 is 2.03 bits per heavy atom. The van der Waals surface area contributed by atoms with Gasteiger partial charge >= 0.3 is 0 Å². The van der Waals surface area contributed by atoms with Crippen molar-refractivity contribution in [2.45, 2.75) is 6.73 Å². The van der Waals surface area contributed by atoms with E-state index in [4.69, 9.17) is 32.7 Å². The van der Waals surface area contributed by atoms with E-state index in [2.05, 4.69) is 10.4 Å². The standard InChI is InChI=1S/C18H14Cl2N4O5/c1-28-14-8-12(7-13(9-14)24(26)27)21-18(25)16-4-5-23(22-16)10-29-17-3-2-11(19)6-15(17)20/h2-9H,10H2,1H3,(H,21,25). The van der Waals surface area contributed by atoms with Gasteiger partial charge < -0.3 is 14.8 Å². The van der Waals surface area contributed by atoms with Gasteiger partial charge in [-0.2, -0.15) is 5.10 Å². The quantitative estimate of drug-likeness (QED) is 0.434. The zero-order valence-corrected chi connectivity index (χ0v) is 16.5. The van der Waals surface area contributed by atoms with Crippen LogP contribution in [-0.2, 0) is 6.73 Å². The molecule has 11 heteroatoms. The predicted octanol–water partition coefficient (Wildman–Crippen LogP) is 4.40. The number of carbonyl (C=O) groups excluding carboxylic acids is 1. The summed E-state index contributed by atoms with van der Waals surface area (Å²) < 4.78 is 12.0. The molecule has 0 unspecified atom stereocenters. The van der Waals surface area contributed by atoms with Crippen molar-refractivity contribution >= 4 is 40.5 Å². The van der Waals surface area contributed by atoms with Gasteiger partial charge in [-0.05, 0) is 24.3 Å². The number of aromatic nitrogens is 2. The van der Waals surface area contributed by atoms with Crippen LogP contribution in [0.4, 0.5) is 11.4 Å². The fraction of sp³-hybridized carbons (Fsp3) is 0.111. The van der Waals surface area contributed by atoms with E-state index >= 15 is 0 Å². The van der Waals surface area contributed by atoms with Crippen LogP contribution in [0.3, 0.4) is 0 Å². The van der Waals surface area contributed by atoms with E-state index in [0.29, 0.717) is 15.8 Å². The molecule has 0 saturated heterocycles. The number of nitro groups is 1. The molecule has 0 atom stereocenters. The molecule has 0 radical (unpaired) electrons. The molecular formula is C18H14Cl2N4O5. The summed E-state index contributed by atoms with van der Waals surface area (Å²) in [6.07, 6.45) is 1.55. The van der Waals surface area contributed by atoms with Gasteiger partial charge in [-0.1, -0.05) is 23.2 Å². The Hall–Kier alpha value is -3.30. The van der Waals surface area contributed by atoms with Crippen LogP contribution in [0.1, 0.15) is 10.5 Å². The Labute approximate surface area is 174 Å². The van der Waals surface area contributed by atoms with E-state index in [0.717, 1.165) is 0 Å². The molecule has 0 bridgehead atoms. The van der Waals surface area contributed by atoms with E-state index in [1.165, 1.54) is 36.1 Å². The molecule has 3 rings (SSSR count). The molecular weight excluding hydrogens is 423 g/mol. The molecule has 1 heterocycles. The molecule has 0 aliphatic heterocycles. The van der Waals surface area contributed by atoms with Gasteiger partial charge in [-0.3, -0.25) is 14.9 Å². The normalized spacial score (nSPS) is 10.4. The second-order valence-corrected chi connectivity index (χ2v) is 6.56. The van der Waals surface area contributed by atoms with Gasteiger partial charge in [0.25, 0.3) is 11.6 Å². The van der Waals surface area contributed by atoms with Crippen molar-refractivity contribution < 1.29 is 19.2 Å². The fourth-order valence-electron chi connectivity index (χ4n) is 2.36. The Morgan fingerprint density at radius 3 is 2.72 bits per heavy atom. The first kappa shape index (κ1) is 20.4. The number of non-ortho nitro benzene ring substituents is 1. The zero-order valence-electron chi connectivity index (χ0n) is 15.0. The second kappa shape index (κ2) is 8.80. The van der Waals surface area contributed by atoms with E-state index in [9.17, 15) is 14.9 Å². The molecule has 0 aliphatic carbocycles. The first-order valence-corrected chi connectivity index (χ1v) is 8.87. The number of nitro benzene ring substituents is 1. The Bertz CT molecular complexity index is 1070. The van der Waals surface area contributed by atoms with Crippen molar-refractivity contribution in [2.24, 2.45) is 0 Å². The highest BCUT2D eigenvalue weighted by molar-refractivity contribution is 6.35. The smallest absolute Gasteiger partial charge is 0.276 e. The number of ether oxygens (including phenoxy) is 2. The number of hydrogen-bond donors (Lipinski definition) is 1. The molecule has 2 aromatic carbocycles. The van der Waals surface area contributed by atoms with Crippen molar-refractivity contribution in [1.29, 1.82) is 0 Å². The summed E-state index contributed by atoms with van der Waals surface area (Å²) in [6, 6.07) is 10.2. The molecule has 0 spiro atoms. The Kier molecular flexibility index (Phi) is 6.20. The van der Waals surface area contributed by atoms with Crippen molar-refractivity contribution in [2.75, 3.05) is 12.4 Å². The zero-order chi connectivity index (χ0) is 21.0. The number of carbonyl (C=O) groups is 1. The number of amides is 1. The summed E-state index contributed by atoms with van der Waals surface area (Å²) in [5, 5.41) is 18.5. The molecule has 1 amide bonds. The number of halogens is 2. The minimum absolute atomic E-state index is 0.0132. The minimum Gasteiger partial charge on any atom is -0.496 e. The molecule has 29 heavy (non-hydrogen) atoms. The number of hydrogen-bond acceptors (Lipinski definition) is 6. The summed E-state index contributed by atoms with van der Waals surface area (Å²) >= 11 is 11.9. The topological polar surface area (TPSA) is 109 Å². The number of benzene rings is 2. The SMILES string of the molecule is COc1cc(NC(=O)c2ccn(COc3ccc(Cl)cc3Cl)n2)cc([N+](=O)[O-])c1. The number of nitrogens with zero attached hydrogens (tertiary/aromatic N) is 3. The Morgan fingerprint density at radius 1 is 1.24 bits per heavy atom. The highest BCUT2D eigenvalue weighted by atomic mass is 35.5.